The van der Waals surface area contributed by atoms with E-state index >= 15 is 0 Å². The summed E-state index contributed by atoms with van der Waals surface area (Å²) in [5, 5.41) is 3.59. The van der Waals surface area contributed by atoms with Crippen LogP contribution < -0.4 is 5.32 Å². The molecule has 146 valence electrons. The van der Waals surface area contributed by atoms with Crippen molar-refractivity contribution in [1.29, 1.82) is 0 Å². The first kappa shape index (κ1) is 20.9. The predicted molar refractivity (Wildman–Crippen MR) is 107 cm³/mol. The van der Waals surface area contributed by atoms with E-state index in [4.69, 9.17) is 4.74 Å². The highest BCUT2D eigenvalue weighted by Gasteiger charge is 2.32. The van der Waals surface area contributed by atoms with Crippen LogP contribution in [0.25, 0.3) is 0 Å². The molecule has 26 heavy (non-hydrogen) atoms. The first-order valence-corrected chi connectivity index (χ1v) is 9.92. The van der Waals surface area contributed by atoms with Crippen molar-refractivity contribution in [3.63, 3.8) is 0 Å². The molecule has 0 saturated carbocycles. The Morgan fingerprint density at radius 3 is 2.46 bits per heavy atom. The van der Waals surface area contributed by atoms with E-state index in [0.717, 1.165) is 25.9 Å². The van der Waals surface area contributed by atoms with E-state index in [0.29, 0.717) is 12.1 Å². The number of nitrogens with one attached hydrogen (secondary N) is 1. The van der Waals surface area contributed by atoms with Gasteiger partial charge in [-0.15, -0.1) is 0 Å². The average molecular weight is 361 g/mol. The first-order valence-electron chi connectivity index (χ1n) is 9.92. The summed E-state index contributed by atoms with van der Waals surface area (Å²) < 4.78 is 5.62. The number of benzene rings is 1. The van der Waals surface area contributed by atoms with Gasteiger partial charge in [-0.25, -0.2) is 0 Å². The summed E-state index contributed by atoms with van der Waals surface area (Å²) in [6, 6.07) is 11.2. The molecule has 1 aliphatic rings. The van der Waals surface area contributed by atoms with Crippen LogP contribution in [0.1, 0.15) is 59.9 Å². The minimum Gasteiger partial charge on any atom is -0.459 e. The van der Waals surface area contributed by atoms with Crippen LogP contribution in [0.15, 0.2) is 30.3 Å². The average Bonchev–Trinajstić information content (AvgIpc) is 2.54. The second kappa shape index (κ2) is 9.01. The minimum absolute atomic E-state index is 0.133. The molecule has 1 aromatic rings. The van der Waals surface area contributed by atoms with Crippen LogP contribution in [-0.2, 0) is 16.1 Å². The first-order chi connectivity index (χ1) is 12.2. The van der Waals surface area contributed by atoms with Crippen molar-refractivity contribution < 1.29 is 9.53 Å². The van der Waals surface area contributed by atoms with Gasteiger partial charge in [-0.2, -0.15) is 0 Å². The summed E-state index contributed by atoms with van der Waals surface area (Å²) in [5.74, 6) is 0.0781. The SMILES string of the molecule is CC(C)[C@H](N[C@H]1CCN(Cc2ccccc2)[C@H](C)C1)C(=O)OC(C)(C)C. The number of piperidine rings is 1. The third kappa shape index (κ3) is 6.40. The van der Waals surface area contributed by atoms with Crippen molar-refractivity contribution in [2.45, 2.75) is 84.7 Å². The molecule has 1 saturated heterocycles. The molecule has 1 fully saturated rings. The molecular weight excluding hydrogens is 324 g/mol. The smallest absolute Gasteiger partial charge is 0.323 e. The number of hydrogen-bond donors (Lipinski definition) is 1. The molecule has 1 N–H and O–H groups in total. The van der Waals surface area contributed by atoms with Gasteiger partial charge in [-0.05, 0) is 52.0 Å². The molecule has 0 unspecified atom stereocenters. The van der Waals surface area contributed by atoms with Gasteiger partial charge < -0.3 is 10.1 Å². The number of rotatable bonds is 6. The fraction of sp³-hybridized carbons (Fsp3) is 0.682. The van der Waals surface area contributed by atoms with Gasteiger partial charge in [0.2, 0.25) is 0 Å². The number of carbonyl (C=O) groups is 1. The molecular formula is C22H36N2O2. The van der Waals surface area contributed by atoms with Gasteiger partial charge in [0.1, 0.15) is 11.6 Å². The number of carbonyl (C=O) groups excluding carboxylic acids is 1. The molecule has 0 spiro atoms. The fourth-order valence-corrected chi connectivity index (χ4v) is 3.58. The third-order valence-electron chi connectivity index (χ3n) is 4.98. The van der Waals surface area contributed by atoms with Crippen LogP contribution in [0.4, 0.5) is 0 Å². The summed E-state index contributed by atoms with van der Waals surface area (Å²) >= 11 is 0. The van der Waals surface area contributed by atoms with Crippen LogP contribution in [0.2, 0.25) is 0 Å². The maximum Gasteiger partial charge on any atom is 0.323 e. The Hall–Kier alpha value is -1.39. The van der Waals surface area contributed by atoms with Crippen molar-refractivity contribution >= 4 is 5.97 Å². The Bertz CT molecular complexity index is 565. The van der Waals surface area contributed by atoms with E-state index in [2.05, 4.69) is 61.3 Å². The van der Waals surface area contributed by atoms with Gasteiger partial charge in [-0.1, -0.05) is 44.2 Å². The number of nitrogens with zero attached hydrogens (tertiary/aromatic N) is 1. The molecule has 1 heterocycles. The summed E-state index contributed by atoms with van der Waals surface area (Å²) in [6.07, 6.45) is 2.11. The van der Waals surface area contributed by atoms with Crippen LogP contribution in [0, 0.1) is 5.92 Å². The zero-order chi connectivity index (χ0) is 19.3. The van der Waals surface area contributed by atoms with Crippen molar-refractivity contribution in [1.82, 2.24) is 10.2 Å². The van der Waals surface area contributed by atoms with Crippen molar-refractivity contribution in [2.24, 2.45) is 5.92 Å². The Labute approximate surface area is 159 Å². The van der Waals surface area contributed by atoms with Crippen LogP contribution in [-0.4, -0.2) is 41.1 Å². The largest absolute Gasteiger partial charge is 0.459 e. The molecule has 4 nitrogen and oxygen atoms in total. The summed E-state index contributed by atoms with van der Waals surface area (Å²) in [7, 11) is 0. The van der Waals surface area contributed by atoms with Gasteiger partial charge in [-0.3, -0.25) is 9.69 Å². The lowest BCUT2D eigenvalue weighted by molar-refractivity contribution is -0.159. The highest BCUT2D eigenvalue weighted by molar-refractivity contribution is 5.76. The van der Waals surface area contributed by atoms with Gasteiger partial charge >= 0.3 is 5.97 Å². The zero-order valence-electron chi connectivity index (χ0n) is 17.3. The van der Waals surface area contributed by atoms with Crippen molar-refractivity contribution in [2.75, 3.05) is 6.54 Å². The quantitative estimate of drug-likeness (QED) is 0.779. The lowest BCUT2D eigenvalue weighted by atomic mass is 9.94. The molecule has 0 amide bonds. The molecule has 1 aliphatic heterocycles. The van der Waals surface area contributed by atoms with E-state index in [1.807, 2.05) is 20.8 Å². The van der Waals surface area contributed by atoms with Gasteiger partial charge in [0.15, 0.2) is 0 Å². The van der Waals surface area contributed by atoms with Gasteiger partial charge in [0, 0.05) is 25.2 Å². The molecule has 4 heteroatoms. The molecule has 1 aromatic carbocycles. The molecule has 0 aliphatic carbocycles. The molecule has 0 radical (unpaired) electrons. The highest BCUT2D eigenvalue weighted by atomic mass is 16.6. The number of ether oxygens (including phenoxy) is 1. The minimum atomic E-state index is -0.446. The van der Waals surface area contributed by atoms with Crippen LogP contribution >= 0.6 is 0 Å². The zero-order valence-corrected chi connectivity index (χ0v) is 17.3. The molecule has 0 bridgehead atoms. The topological polar surface area (TPSA) is 41.6 Å². The Morgan fingerprint density at radius 1 is 1.27 bits per heavy atom. The van der Waals surface area contributed by atoms with Crippen molar-refractivity contribution in [3.8, 4) is 0 Å². The number of hydrogen-bond acceptors (Lipinski definition) is 4. The maximum atomic E-state index is 12.6. The van der Waals surface area contributed by atoms with Gasteiger partial charge in [0.25, 0.3) is 0 Å². The van der Waals surface area contributed by atoms with Crippen LogP contribution in [0.3, 0.4) is 0 Å². The monoisotopic (exact) mass is 360 g/mol. The number of esters is 1. The lowest BCUT2D eigenvalue weighted by Crippen LogP contribution is -2.53. The van der Waals surface area contributed by atoms with E-state index in [9.17, 15) is 4.79 Å². The standard InChI is InChI=1S/C22H36N2O2/c1-16(2)20(21(25)26-22(4,5)6)23-19-12-13-24(17(3)14-19)15-18-10-8-7-9-11-18/h7-11,16-17,19-20,23H,12-15H2,1-6H3/t17-,19+,20+/m1/s1. The van der Waals surface area contributed by atoms with E-state index < -0.39 is 5.60 Å². The van der Waals surface area contributed by atoms with Crippen LogP contribution in [0.5, 0.6) is 0 Å². The molecule has 2 rings (SSSR count). The Balaban J connectivity index is 1.91. The second-order valence-corrected chi connectivity index (χ2v) is 8.95. The second-order valence-electron chi connectivity index (χ2n) is 8.95. The summed E-state index contributed by atoms with van der Waals surface area (Å²) in [6.45, 7) is 14.3. The predicted octanol–water partition coefficient (Wildman–Crippen LogP) is 4.00. The van der Waals surface area contributed by atoms with E-state index in [1.54, 1.807) is 0 Å². The third-order valence-corrected chi connectivity index (χ3v) is 4.98. The molecule has 0 aromatic heterocycles. The Morgan fingerprint density at radius 2 is 1.92 bits per heavy atom. The fourth-order valence-electron chi connectivity index (χ4n) is 3.58. The molecule has 3 atom stereocenters. The number of likely N-dealkylation sites (tertiary alicyclic amines) is 1. The Kier molecular flexibility index (Phi) is 7.24. The van der Waals surface area contributed by atoms with Crippen molar-refractivity contribution in [3.05, 3.63) is 35.9 Å². The normalized spacial score (nSPS) is 23.0. The van der Waals surface area contributed by atoms with E-state index in [-0.39, 0.29) is 17.9 Å². The lowest BCUT2D eigenvalue weighted by Gasteiger charge is -2.40. The highest BCUT2D eigenvalue weighted by Crippen LogP contribution is 2.22. The summed E-state index contributed by atoms with van der Waals surface area (Å²) in [4.78, 5) is 15.1. The maximum absolute atomic E-state index is 12.6. The summed E-state index contributed by atoms with van der Waals surface area (Å²) in [5.41, 5.74) is 0.915. The van der Waals surface area contributed by atoms with E-state index in [1.165, 1.54) is 5.56 Å². The van der Waals surface area contributed by atoms with Gasteiger partial charge in [0.05, 0.1) is 0 Å².